The minimum absolute atomic E-state index is 0.0388. The molecule has 2 rings (SSSR count). The zero-order valence-corrected chi connectivity index (χ0v) is 13.8. The Hall–Kier alpha value is -1.59. The summed E-state index contributed by atoms with van der Waals surface area (Å²) >= 11 is 1.53. The molecule has 0 spiro atoms. The number of para-hydroxylation sites is 2. The zero-order chi connectivity index (χ0) is 15.4. The van der Waals surface area contributed by atoms with Crippen LogP contribution in [0.4, 0.5) is 10.8 Å². The van der Waals surface area contributed by atoms with Crippen molar-refractivity contribution >= 4 is 22.2 Å². The molecule has 0 aliphatic heterocycles. The summed E-state index contributed by atoms with van der Waals surface area (Å²) in [4.78, 5) is 7.69. The van der Waals surface area contributed by atoms with Crippen LogP contribution in [0.15, 0.2) is 24.3 Å². The summed E-state index contributed by atoms with van der Waals surface area (Å²) in [6.07, 6.45) is 1.01. The number of aliphatic hydroxyl groups excluding tert-OH is 1. The van der Waals surface area contributed by atoms with E-state index in [1.165, 1.54) is 11.3 Å². The number of rotatable bonds is 6. The van der Waals surface area contributed by atoms with E-state index in [-0.39, 0.29) is 6.61 Å². The fourth-order valence-electron chi connectivity index (χ4n) is 2.20. The van der Waals surface area contributed by atoms with Crippen LogP contribution in [0.2, 0.25) is 0 Å². The number of hydrogen-bond donors (Lipinski definition) is 1. The van der Waals surface area contributed by atoms with Gasteiger partial charge in [0.15, 0.2) is 5.13 Å². The van der Waals surface area contributed by atoms with Crippen molar-refractivity contribution in [3.63, 3.8) is 0 Å². The van der Waals surface area contributed by atoms with Gasteiger partial charge in [0.1, 0.15) is 5.75 Å². The number of aromatic nitrogens is 1. The van der Waals surface area contributed by atoms with Gasteiger partial charge >= 0.3 is 0 Å². The summed E-state index contributed by atoms with van der Waals surface area (Å²) in [6.45, 7) is 4.31. The number of methoxy groups -OCH3 is 1. The van der Waals surface area contributed by atoms with Gasteiger partial charge in [0.05, 0.1) is 30.0 Å². The van der Waals surface area contributed by atoms with Crippen LogP contribution in [0.3, 0.4) is 0 Å². The third-order valence-electron chi connectivity index (χ3n) is 3.67. The van der Waals surface area contributed by atoms with Gasteiger partial charge in [-0.2, -0.15) is 0 Å². The minimum Gasteiger partial charge on any atom is -0.495 e. The number of anilines is 2. The molecule has 5 heteroatoms. The van der Waals surface area contributed by atoms with Crippen molar-refractivity contribution in [2.24, 2.45) is 0 Å². The standard InChI is InChI=1S/C16H22N2O2S/c1-5-11(2)15-14(10-19)21-16(17-15)18(3)12-8-6-7-9-13(12)20-4/h6-9,11,19H,5,10H2,1-4H3. The molecule has 1 aromatic heterocycles. The predicted molar refractivity (Wildman–Crippen MR) is 87.8 cm³/mol. The van der Waals surface area contributed by atoms with Crippen molar-refractivity contribution < 1.29 is 9.84 Å². The van der Waals surface area contributed by atoms with Gasteiger partial charge in [-0.25, -0.2) is 4.98 Å². The molecule has 1 N–H and O–H groups in total. The summed E-state index contributed by atoms with van der Waals surface area (Å²) < 4.78 is 5.41. The largest absolute Gasteiger partial charge is 0.495 e. The summed E-state index contributed by atoms with van der Waals surface area (Å²) in [6, 6.07) is 7.86. The van der Waals surface area contributed by atoms with Gasteiger partial charge in [-0.15, -0.1) is 0 Å². The van der Waals surface area contributed by atoms with Gasteiger partial charge in [-0.05, 0) is 24.5 Å². The molecule has 0 amide bonds. The van der Waals surface area contributed by atoms with Gasteiger partial charge in [0, 0.05) is 7.05 Å². The quantitative estimate of drug-likeness (QED) is 0.878. The number of ether oxygens (including phenoxy) is 1. The van der Waals surface area contributed by atoms with Crippen molar-refractivity contribution in [2.75, 3.05) is 19.1 Å². The fraction of sp³-hybridized carbons (Fsp3) is 0.438. The topological polar surface area (TPSA) is 45.6 Å². The molecule has 1 atom stereocenters. The summed E-state index contributed by atoms with van der Waals surface area (Å²) in [5.74, 6) is 1.16. The molecule has 1 aromatic carbocycles. The first kappa shape index (κ1) is 15.8. The Morgan fingerprint density at radius 1 is 1.38 bits per heavy atom. The Morgan fingerprint density at radius 2 is 2.10 bits per heavy atom. The molecule has 1 heterocycles. The van der Waals surface area contributed by atoms with Crippen molar-refractivity contribution in [1.29, 1.82) is 0 Å². The van der Waals surface area contributed by atoms with Gasteiger partial charge in [-0.1, -0.05) is 37.3 Å². The second kappa shape index (κ2) is 6.91. The minimum atomic E-state index is 0.0388. The average molecular weight is 306 g/mol. The van der Waals surface area contributed by atoms with E-state index in [9.17, 15) is 5.11 Å². The van der Waals surface area contributed by atoms with Crippen LogP contribution in [0.25, 0.3) is 0 Å². The molecule has 1 unspecified atom stereocenters. The summed E-state index contributed by atoms with van der Waals surface area (Å²) in [5.41, 5.74) is 1.97. The molecular formula is C16H22N2O2S. The maximum Gasteiger partial charge on any atom is 0.190 e. The third kappa shape index (κ3) is 3.19. The smallest absolute Gasteiger partial charge is 0.190 e. The molecule has 21 heavy (non-hydrogen) atoms. The number of aliphatic hydroxyl groups is 1. The second-order valence-electron chi connectivity index (χ2n) is 5.00. The lowest BCUT2D eigenvalue weighted by Crippen LogP contribution is -2.10. The van der Waals surface area contributed by atoms with E-state index in [0.717, 1.165) is 33.6 Å². The molecule has 2 aromatic rings. The monoisotopic (exact) mass is 306 g/mol. The van der Waals surface area contributed by atoms with Gasteiger partial charge < -0.3 is 14.7 Å². The van der Waals surface area contributed by atoms with Crippen LogP contribution >= 0.6 is 11.3 Å². The second-order valence-corrected chi connectivity index (χ2v) is 6.07. The van der Waals surface area contributed by atoms with Gasteiger partial charge in [-0.3, -0.25) is 0 Å². The van der Waals surface area contributed by atoms with E-state index >= 15 is 0 Å². The van der Waals surface area contributed by atoms with Crippen LogP contribution in [0.5, 0.6) is 5.75 Å². The fourth-order valence-corrected chi connectivity index (χ4v) is 3.21. The molecule has 0 saturated heterocycles. The lowest BCUT2D eigenvalue weighted by atomic mass is 10.0. The third-order valence-corrected chi connectivity index (χ3v) is 4.80. The van der Waals surface area contributed by atoms with E-state index in [1.807, 2.05) is 36.2 Å². The normalized spacial score (nSPS) is 12.2. The highest BCUT2D eigenvalue weighted by Gasteiger charge is 2.19. The SMILES string of the molecule is CCC(C)c1nc(N(C)c2ccccc2OC)sc1CO. The molecular weight excluding hydrogens is 284 g/mol. The predicted octanol–water partition coefficient (Wildman–Crippen LogP) is 3.93. The van der Waals surface area contributed by atoms with Gasteiger partial charge in [0.25, 0.3) is 0 Å². The van der Waals surface area contributed by atoms with Crippen LogP contribution in [0, 0.1) is 0 Å². The maximum atomic E-state index is 9.56. The molecule has 0 fully saturated rings. The van der Waals surface area contributed by atoms with E-state index in [4.69, 9.17) is 9.72 Å². The molecule has 0 aliphatic rings. The molecule has 0 bridgehead atoms. The summed E-state index contributed by atoms with van der Waals surface area (Å²) in [5, 5.41) is 10.4. The molecule has 114 valence electrons. The van der Waals surface area contributed by atoms with Crippen molar-refractivity contribution in [2.45, 2.75) is 32.8 Å². The van der Waals surface area contributed by atoms with Crippen molar-refractivity contribution in [3.8, 4) is 5.75 Å². The summed E-state index contributed by atoms with van der Waals surface area (Å²) in [7, 11) is 3.64. The molecule has 4 nitrogen and oxygen atoms in total. The Balaban J connectivity index is 2.39. The van der Waals surface area contributed by atoms with Crippen LogP contribution in [-0.4, -0.2) is 24.2 Å². The molecule has 0 radical (unpaired) electrons. The van der Waals surface area contributed by atoms with Gasteiger partial charge in [0.2, 0.25) is 0 Å². The first-order valence-corrected chi connectivity index (χ1v) is 7.91. The van der Waals surface area contributed by atoms with Crippen molar-refractivity contribution in [3.05, 3.63) is 34.8 Å². The van der Waals surface area contributed by atoms with E-state index in [2.05, 4.69) is 13.8 Å². The number of hydrogen-bond acceptors (Lipinski definition) is 5. The highest BCUT2D eigenvalue weighted by Crippen LogP contribution is 2.37. The van der Waals surface area contributed by atoms with E-state index in [1.54, 1.807) is 7.11 Å². The molecule has 0 aliphatic carbocycles. The Labute approximate surface area is 130 Å². The lowest BCUT2D eigenvalue weighted by molar-refractivity contribution is 0.283. The number of thiazole rings is 1. The molecule has 0 saturated carbocycles. The Kier molecular flexibility index (Phi) is 5.20. The Morgan fingerprint density at radius 3 is 2.71 bits per heavy atom. The highest BCUT2D eigenvalue weighted by atomic mass is 32.1. The van der Waals surface area contributed by atoms with Crippen LogP contribution in [0.1, 0.15) is 36.8 Å². The first-order valence-electron chi connectivity index (χ1n) is 7.09. The van der Waals surface area contributed by atoms with Crippen molar-refractivity contribution in [1.82, 2.24) is 4.98 Å². The van der Waals surface area contributed by atoms with E-state index in [0.29, 0.717) is 5.92 Å². The number of nitrogens with zero attached hydrogens (tertiary/aromatic N) is 2. The number of benzene rings is 1. The average Bonchev–Trinajstić information content (AvgIpc) is 2.97. The van der Waals surface area contributed by atoms with E-state index < -0.39 is 0 Å². The van der Waals surface area contributed by atoms with Crippen LogP contribution in [-0.2, 0) is 6.61 Å². The van der Waals surface area contributed by atoms with Crippen LogP contribution < -0.4 is 9.64 Å². The first-order chi connectivity index (χ1) is 10.1. The maximum absolute atomic E-state index is 9.56. The zero-order valence-electron chi connectivity index (χ0n) is 13.0. The Bertz CT molecular complexity index is 598. The highest BCUT2D eigenvalue weighted by molar-refractivity contribution is 7.15. The lowest BCUT2D eigenvalue weighted by Gasteiger charge is -2.18.